The third-order valence-electron chi connectivity index (χ3n) is 4.81. The van der Waals surface area contributed by atoms with E-state index in [1.165, 1.54) is 22.4 Å². The van der Waals surface area contributed by atoms with Crippen molar-refractivity contribution in [1.82, 2.24) is 0 Å². The summed E-state index contributed by atoms with van der Waals surface area (Å²) in [5, 5.41) is 0. The van der Waals surface area contributed by atoms with Crippen LogP contribution in [0, 0.1) is 0 Å². The van der Waals surface area contributed by atoms with Crippen LogP contribution in [0.3, 0.4) is 0 Å². The van der Waals surface area contributed by atoms with Gasteiger partial charge in [0.05, 0.1) is 13.2 Å². The average molecular weight is 315 g/mol. The first-order chi connectivity index (χ1) is 11.8. The van der Waals surface area contributed by atoms with E-state index in [1.807, 2.05) is 12.1 Å². The van der Waals surface area contributed by atoms with Gasteiger partial charge in [-0.15, -0.1) is 0 Å². The Morgan fingerprint density at radius 2 is 1.58 bits per heavy atom. The van der Waals surface area contributed by atoms with Crippen LogP contribution in [0.15, 0.2) is 78.9 Å². The van der Waals surface area contributed by atoms with Gasteiger partial charge in [0.1, 0.15) is 5.75 Å². The van der Waals surface area contributed by atoms with E-state index in [9.17, 15) is 0 Å². The van der Waals surface area contributed by atoms with Gasteiger partial charge >= 0.3 is 0 Å². The molecule has 24 heavy (non-hydrogen) atoms. The SMILES string of the molecule is COc1ccc(N2Cc3ccccc3C2Cc2ccccc2)cc1. The van der Waals surface area contributed by atoms with Gasteiger partial charge < -0.3 is 9.64 Å². The van der Waals surface area contributed by atoms with Crippen LogP contribution >= 0.6 is 0 Å². The normalized spacial score (nSPS) is 16.0. The van der Waals surface area contributed by atoms with Gasteiger partial charge in [0, 0.05) is 12.2 Å². The van der Waals surface area contributed by atoms with Crippen LogP contribution in [-0.2, 0) is 13.0 Å². The number of nitrogens with zero attached hydrogens (tertiary/aromatic N) is 1. The zero-order chi connectivity index (χ0) is 16.4. The fourth-order valence-electron chi connectivity index (χ4n) is 3.57. The highest BCUT2D eigenvalue weighted by Crippen LogP contribution is 2.39. The predicted molar refractivity (Wildman–Crippen MR) is 98.5 cm³/mol. The third kappa shape index (κ3) is 2.76. The van der Waals surface area contributed by atoms with Crippen LogP contribution in [0.1, 0.15) is 22.7 Å². The fraction of sp³-hybridized carbons (Fsp3) is 0.182. The van der Waals surface area contributed by atoms with Gasteiger partial charge in [-0.2, -0.15) is 0 Å². The first-order valence-corrected chi connectivity index (χ1v) is 8.37. The number of rotatable bonds is 4. The van der Waals surface area contributed by atoms with Gasteiger partial charge in [0.25, 0.3) is 0 Å². The van der Waals surface area contributed by atoms with Gasteiger partial charge in [0.2, 0.25) is 0 Å². The molecule has 0 aromatic heterocycles. The summed E-state index contributed by atoms with van der Waals surface area (Å²) in [5.41, 5.74) is 5.48. The molecule has 2 heteroatoms. The first-order valence-electron chi connectivity index (χ1n) is 8.37. The van der Waals surface area contributed by atoms with Crippen LogP contribution in [0.4, 0.5) is 5.69 Å². The molecule has 4 rings (SSSR count). The summed E-state index contributed by atoms with van der Waals surface area (Å²) >= 11 is 0. The Kier molecular flexibility index (Phi) is 3.96. The minimum Gasteiger partial charge on any atom is -0.497 e. The lowest BCUT2D eigenvalue weighted by Crippen LogP contribution is -2.23. The molecule has 0 bridgehead atoms. The van der Waals surface area contributed by atoms with Crippen LogP contribution < -0.4 is 9.64 Å². The quantitative estimate of drug-likeness (QED) is 0.672. The third-order valence-corrected chi connectivity index (χ3v) is 4.81. The second-order valence-corrected chi connectivity index (χ2v) is 6.23. The molecule has 1 aliphatic heterocycles. The molecule has 0 amide bonds. The van der Waals surface area contributed by atoms with E-state index in [4.69, 9.17) is 4.74 Å². The van der Waals surface area contributed by atoms with E-state index in [2.05, 4.69) is 71.6 Å². The standard InChI is InChI=1S/C22H21NO/c1-24-20-13-11-19(12-14-20)23-16-18-9-5-6-10-21(18)22(23)15-17-7-3-2-4-8-17/h2-14,22H,15-16H2,1H3. The van der Waals surface area contributed by atoms with Crippen molar-refractivity contribution in [3.63, 3.8) is 0 Å². The molecule has 120 valence electrons. The number of methoxy groups -OCH3 is 1. The largest absolute Gasteiger partial charge is 0.497 e. The molecule has 0 saturated heterocycles. The predicted octanol–water partition coefficient (Wildman–Crippen LogP) is 5.00. The van der Waals surface area contributed by atoms with Crippen molar-refractivity contribution >= 4 is 5.69 Å². The van der Waals surface area contributed by atoms with E-state index < -0.39 is 0 Å². The van der Waals surface area contributed by atoms with Crippen LogP contribution in [0.2, 0.25) is 0 Å². The monoisotopic (exact) mass is 315 g/mol. The molecule has 3 aromatic carbocycles. The van der Waals surface area contributed by atoms with Crippen LogP contribution in [-0.4, -0.2) is 7.11 Å². The molecule has 1 unspecified atom stereocenters. The second-order valence-electron chi connectivity index (χ2n) is 6.23. The lowest BCUT2D eigenvalue weighted by molar-refractivity contribution is 0.415. The number of hydrogen-bond donors (Lipinski definition) is 0. The van der Waals surface area contributed by atoms with E-state index in [0.717, 1.165) is 18.7 Å². The molecular formula is C22H21NO. The molecule has 0 aliphatic carbocycles. The van der Waals surface area contributed by atoms with Crippen molar-refractivity contribution in [1.29, 1.82) is 0 Å². The minimum atomic E-state index is 0.372. The summed E-state index contributed by atoms with van der Waals surface area (Å²) in [6.45, 7) is 0.958. The Balaban J connectivity index is 1.69. The van der Waals surface area contributed by atoms with Gasteiger partial charge in [-0.05, 0) is 47.4 Å². The molecular weight excluding hydrogens is 294 g/mol. The van der Waals surface area contributed by atoms with E-state index >= 15 is 0 Å². The molecule has 2 nitrogen and oxygen atoms in total. The Labute approximate surface area is 143 Å². The lowest BCUT2D eigenvalue weighted by atomic mass is 9.98. The Morgan fingerprint density at radius 1 is 0.875 bits per heavy atom. The highest BCUT2D eigenvalue weighted by molar-refractivity contribution is 5.56. The molecule has 0 N–H and O–H groups in total. The van der Waals surface area contributed by atoms with Crippen molar-refractivity contribution in [3.8, 4) is 5.75 Å². The van der Waals surface area contributed by atoms with Gasteiger partial charge in [0.15, 0.2) is 0 Å². The van der Waals surface area contributed by atoms with Crippen molar-refractivity contribution in [2.75, 3.05) is 12.0 Å². The van der Waals surface area contributed by atoms with Gasteiger partial charge in [-0.25, -0.2) is 0 Å². The average Bonchev–Trinajstić information content (AvgIpc) is 3.01. The maximum atomic E-state index is 5.30. The zero-order valence-electron chi connectivity index (χ0n) is 13.9. The topological polar surface area (TPSA) is 12.5 Å². The fourth-order valence-corrected chi connectivity index (χ4v) is 3.57. The number of ether oxygens (including phenoxy) is 1. The Bertz CT molecular complexity index is 811. The summed E-state index contributed by atoms with van der Waals surface area (Å²) in [5.74, 6) is 0.898. The number of hydrogen-bond acceptors (Lipinski definition) is 2. The molecule has 1 atom stereocenters. The van der Waals surface area contributed by atoms with Crippen molar-refractivity contribution in [3.05, 3.63) is 95.6 Å². The summed E-state index contributed by atoms with van der Waals surface area (Å²) < 4.78 is 5.30. The Morgan fingerprint density at radius 3 is 2.33 bits per heavy atom. The number of fused-ring (bicyclic) bond motifs is 1. The molecule has 0 spiro atoms. The number of anilines is 1. The molecule has 3 aromatic rings. The molecule has 0 radical (unpaired) electrons. The molecule has 1 aliphatic rings. The second kappa shape index (κ2) is 6.40. The number of benzene rings is 3. The molecule has 1 heterocycles. The summed E-state index contributed by atoms with van der Waals surface area (Å²) in [7, 11) is 1.71. The van der Waals surface area contributed by atoms with Crippen LogP contribution in [0.25, 0.3) is 0 Å². The van der Waals surface area contributed by atoms with Gasteiger partial charge in [-0.1, -0.05) is 54.6 Å². The van der Waals surface area contributed by atoms with Crippen LogP contribution in [0.5, 0.6) is 5.75 Å². The molecule has 0 saturated carbocycles. The highest BCUT2D eigenvalue weighted by Gasteiger charge is 2.30. The first kappa shape index (κ1) is 14.8. The van der Waals surface area contributed by atoms with E-state index in [1.54, 1.807) is 7.11 Å². The Hall–Kier alpha value is -2.74. The summed E-state index contributed by atoms with van der Waals surface area (Å²) in [6.07, 6.45) is 1.02. The molecule has 0 fully saturated rings. The van der Waals surface area contributed by atoms with E-state index in [0.29, 0.717) is 6.04 Å². The van der Waals surface area contributed by atoms with Crippen molar-refractivity contribution in [2.45, 2.75) is 19.0 Å². The van der Waals surface area contributed by atoms with E-state index in [-0.39, 0.29) is 0 Å². The maximum Gasteiger partial charge on any atom is 0.119 e. The maximum absolute atomic E-state index is 5.30. The zero-order valence-corrected chi connectivity index (χ0v) is 13.9. The van der Waals surface area contributed by atoms with Crippen molar-refractivity contribution in [2.24, 2.45) is 0 Å². The van der Waals surface area contributed by atoms with Gasteiger partial charge in [-0.3, -0.25) is 0 Å². The highest BCUT2D eigenvalue weighted by atomic mass is 16.5. The summed E-state index contributed by atoms with van der Waals surface area (Å²) in [4.78, 5) is 2.50. The smallest absolute Gasteiger partial charge is 0.119 e. The lowest BCUT2D eigenvalue weighted by Gasteiger charge is -2.28. The minimum absolute atomic E-state index is 0.372. The summed E-state index contributed by atoms with van der Waals surface area (Å²) in [6, 6.07) is 28.3. The van der Waals surface area contributed by atoms with Crippen molar-refractivity contribution < 1.29 is 4.74 Å².